The Bertz CT molecular complexity index is 601. The second-order valence-corrected chi connectivity index (χ2v) is 6.67. The van der Waals surface area contributed by atoms with E-state index >= 15 is 0 Å². The summed E-state index contributed by atoms with van der Waals surface area (Å²) < 4.78 is 5.54. The third-order valence-electron chi connectivity index (χ3n) is 3.56. The number of nitrogens with one attached hydrogen (secondary N) is 2. The minimum atomic E-state index is 0.565. The highest BCUT2D eigenvalue weighted by atomic mass is 32.1. The van der Waals surface area contributed by atoms with Crippen LogP contribution in [0.3, 0.4) is 0 Å². The van der Waals surface area contributed by atoms with Crippen molar-refractivity contribution >= 4 is 17.3 Å². The molecule has 5 heteroatoms. The lowest BCUT2D eigenvalue weighted by Crippen LogP contribution is -2.39. The number of thiophene rings is 1. The largest absolute Gasteiger partial charge is 0.466 e. The van der Waals surface area contributed by atoms with Gasteiger partial charge in [-0.1, -0.05) is 13.0 Å². The molecule has 1 unspecified atom stereocenters. The van der Waals surface area contributed by atoms with Gasteiger partial charge in [0.25, 0.3) is 0 Å². The van der Waals surface area contributed by atoms with Gasteiger partial charge in [0.2, 0.25) is 0 Å². The molecular weight excluding hydrogens is 294 g/mol. The van der Waals surface area contributed by atoms with Gasteiger partial charge >= 0.3 is 0 Å². The number of guanidine groups is 1. The summed E-state index contributed by atoms with van der Waals surface area (Å²) in [5.41, 5.74) is 1.17. The minimum absolute atomic E-state index is 0.565. The molecule has 2 aromatic rings. The fraction of sp³-hybridized carbons (Fsp3) is 0.471. The number of aryl methyl sites for hydroxylation is 2. The number of rotatable bonds is 6. The van der Waals surface area contributed by atoms with E-state index in [4.69, 9.17) is 4.42 Å². The molecule has 2 aromatic heterocycles. The summed E-state index contributed by atoms with van der Waals surface area (Å²) in [6.07, 6.45) is 1.10. The van der Waals surface area contributed by atoms with Gasteiger partial charge in [-0.3, -0.25) is 4.99 Å². The van der Waals surface area contributed by atoms with Crippen molar-refractivity contribution in [2.24, 2.45) is 10.9 Å². The third kappa shape index (κ3) is 4.91. The maximum Gasteiger partial charge on any atom is 0.191 e. The summed E-state index contributed by atoms with van der Waals surface area (Å²) >= 11 is 1.82. The molecule has 120 valence electrons. The average molecular weight is 319 g/mol. The molecule has 0 fully saturated rings. The molecule has 0 bridgehead atoms. The van der Waals surface area contributed by atoms with Crippen LogP contribution in [0.2, 0.25) is 0 Å². The van der Waals surface area contributed by atoms with Gasteiger partial charge in [0.15, 0.2) is 5.96 Å². The second kappa shape index (κ2) is 8.03. The van der Waals surface area contributed by atoms with Gasteiger partial charge in [-0.25, -0.2) is 0 Å². The molecule has 22 heavy (non-hydrogen) atoms. The lowest BCUT2D eigenvalue weighted by Gasteiger charge is -2.15. The molecule has 0 spiro atoms. The second-order valence-electron chi connectivity index (χ2n) is 5.63. The lowest BCUT2D eigenvalue weighted by molar-refractivity contribution is 0.500. The summed E-state index contributed by atoms with van der Waals surface area (Å²) in [5.74, 6) is 3.31. The van der Waals surface area contributed by atoms with Crippen LogP contribution in [0.1, 0.15) is 28.9 Å². The SMILES string of the molecule is CN=C(NCc1cc(C)oc1C)NCC(C)Cc1cccs1. The molecular formula is C17H25N3OS. The Morgan fingerprint density at radius 2 is 2.18 bits per heavy atom. The summed E-state index contributed by atoms with van der Waals surface area (Å²) in [7, 11) is 1.80. The van der Waals surface area contributed by atoms with Crippen LogP contribution in [-0.2, 0) is 13.0 Å². The van der Waals surface area contributed by atoms with Crippen LogP contribution in [0.15, 0.2) is 33.0 Å². The van der Waals surface area contributed by atoms with Gasteiger partial charge in [0.05, 0.1) is 0 Å². The Morgan fingerprint density at radius 3 is 2.77 bits per heavy atom. The van der Waals surface area contributed by atoms with Crippen molar-refractivity contribution in [2.45, 2.75) is 33.7 Å². The van der Waals surface area contributed by atoms with E-state index < -0.39 is 0 Å². The Balaban J connectivity index is 1.76. The molecule has 0 aliphatic heterocycles. The summed E-state index contributed by atoms with van der Waals surface area (Å²) in [4.78, 5) is 5.71. The van der Waals surface area contributed by atoms with Gasteiger partial charge in [-0.05, 0) is 43.7 Å². The standard InChI is InChI=1S/C17H25N3OS/c1-12(8-16-6-5-7-22-16)10-19-17(18-4)20-11-15-9-13(2)21-14(15)3/h5-7,9,12H,8,10-11H2,1-4H3,(H2,18,19,20). The van der Waals surface area contributed by atoms with Gasteiger partial charge < -0.3 is 15.1 Å². The predicted molar refractivity (Wildman–Crippen MR) is 93.6 cm³/mol. The fourth-order valence-corrected chi connectivity index (χ4v) is 3.24. The van der Waals surface area contributed by atoms with Crippen molar-refractivity contribution in [2.75, 3.05) is 13.6 Å². The normalized spacial score (nSPS) is 13.2. The minimum Gasteiger partial charge on any atom is -0.466 e. The molecule has 0 saturated heterocycles. The number of nitrogens with zero attached hydrogens (tertiary/aromatic N) is 1. The van der Waals surface area contributed by atoms with Crippen LogP contribution >= 0.6 is 11.3 Å². The van der Waals surface area contributed by atoms with Crippen LogP contribution in [0.5, 0.6) is 0 Å². The molecule has 0 aliphatic rings. The molecule has 1 atom stereocenters. The average Bonchev–Trinajstić information content (AvgIpc) is 3.09. The van der Waals surface area contributed by atoms with Crippen LogP contribution in [-0.4, -0.2) is 19.6 Å². The third-order valence-corrected chi connectivity index (χ3v) is 4.46. The van der Waals surface area contributed by atoms with Crippen molar-refractivity contribution < 1.29 is 4.42 Å². The van der Waals surface area contributed by atoms with Crippen LogP contribution in [0, 0.1) is 19.8 Å². The summed E-state index contributed by atoms with van der Waals surface area (Å²) in [6, 6.07) is 6.36. The van der Waals surface area contributed by atoms with E-state index in [-0.39, 0.29) is 0 Å². The van der Waals surface area contributed by atoms with E-state index in [0.717, 1.165) is 37.0 Å². The Kier molecular flexibility index (Phi) is 6.07. The number of furan rings is 1. The number of aliphatic imine (C=N–C) groups is 1. The van der Waals surface area contributed by atoms with Crippen molar-refractivity contribution in [1.29, 1.82) is 0 Å². The number of hydrogen-bond donors (Lipinski definition) is 2. The maximum atomic E-state index is 5.54. The monoisotopic (exact) mass is 319 g/mol. The molecule has 0 aliphatic carbocycles. The highest BCUT2D eigenvalue weighted by molar-refractivity contribution is 7.09. The Hall–Kier alpha value is -1.75. The number of hydrogen-bond acceptors (Lipinski definition) is 3. The van der Waals surface area contributed by atoms with Gasteiger partial charge in [-0.15, -0.1) is 11.3 Å². The fourth-order valence-electron chi connectivity index (χ4n) is 2.37. The van der Waals surface area contributed by atoms with E-state index in [1.165, 1.54) is 10.4 Å². The molecule has 4 nitrogen and oxygen atoms in total. The summed E-state index contributed by atoms with van der Waals surface area (Å²) in [5, 5.41) is 8.86. The van der Waals surface area contributed by atoms with E-state index in [0.29, 0.717) is 5.92 Å². The quantitative estimate of drug-likeness (QED) is 0.633. The lowest BCUT2D eigenvalue weighted by atomic mass is 10.1. The smallest absolute Gasteiger partial charge is 0.191 e. The highest BCUT2D eigenvalue weighted by Gasteiger charge is 2.08. The van der Waals surface area contributed by atoms with E-state index in [1.807, 2.05) is 25.2 Å². The van der Waals surface area contributed by atoms with Crippen LogP contribution in [0.4, 0.5) is 0 Å². The van der Waals surface area contributed by atoms with Crippen molar-refractivity contribution in [3.63, 3.8) is 0 Å². The van der Waals surface area contributed by atoms with E-state index in [2.05, 4.69) is 46.1 Å². The zero-order valence-electron chi connectivity index (χ0n) is 13.8. The molecule has 0 saturated carbocycles. The molecule has 0 radical (unpaired) electrons. The molecule has 0 amide bonds. The first kappa shape index (κ1) is 16.6. The molecule has 0 aromatic carbocycles. The van der Waals surface area contributed by atoms with Gasteiger partial charge in [0.1, 0.15) is 11.5 Å². The van der Waals surface area contributed by atoms with Gasteiger partial charge in [0, 0.05) is 30.6 Å². The first-order chi connectivity index (χ1) is 10.6. The van der Waals surface area contributed by atoms with Crippen LogP contribution < -0.4 is 10.6 Å². The van der Waals surface area contributed by atoms with E-state index in [1.54, 1.807) is 7.05 Å². The highest BCUT2D eigenvalue weighted by Crippen LogP contribution is 2.14. The van der Waals surface area contributed by atoms with E-state index in [9.17, 15) is 0 Å². The first-order valence-corrected chi connectivity index (χ1v) is 8.49. The Morgan fingerprint density at radius 1 is 1.36 bits per heavy atom. The maximum absolute atomic E-state index is 5.54. The van der Waals surface area contributed by atoms with Gasteiger partial charge in [-0.2, -0.15) is 0 Å². The summed E-state index contributed by atoms with van der Waals surface area (Å²) in [6.45, 7) is 7.84. The zero-order chi connectivity index (χ0) is 15.9. The molecule has 2 rings (SSSR count). The Labute approximate surface area is 136 Å². The zero-order valence-corrected chi connectivity index (χ0v) is 14.6. The molecule has 2 N–H and O–H groups in total. The van der Waals surface area contributed by atoms with Crippen LogP contribution in [0.25, 0.3) is 0 Å². The van der Waals surface area contributed by atoms with Crippen molar-refractivity contribution in [1.82, 2.24) is 10.6 Å². The molecule has 2 heterocycles. The topological polar surface area (TPSA) is 49.6 Å². The van der Waals surface area contributed by atoms with Crippen molar-refractivity contribution in [3.8, 4) is 0 Å². The van der Waals surface area contributed by atoms with Crippen molar-refractivity contribution in [3.05, 3.63) is 45.5 Å². The predicted octanol–water partition coefficient (Wildman–Crippen LogP) is 3.50. The first-order valence-electron chi connectivity index (χ1n) is 7.61.